The van der Waals surface area contributed by atoms with Crippen LogP contribution in [0.3, 0.4) is 0 Å². The number of carbonyl (C=O) groups is 1. The molecule has 1 fully saturated rings. The molecule has 1 saturated heterocycles. The van der Waals surface area contributed by atoms with Gasteiger partial charge < -0.3 is 15.0 Å². The van der Waals surface area contributed by atoms with Gasteiger partial charge in [-0.3, -0.25) is 9.69 Å². The zero-order valence-electron chi connectivity index (χ0n) is 11.8. The van der Waals surface area contributed by atoms with E-state index in [1.54, 1.807) is 0 Å². The van der Waals surface area contributed by atoms with Crippen LogP contribution >= 0.6 is 0 Å². The number of piperazine rings is 1. The third-order valence-corrected chi connectivity index (χ3v) is 3.27. The van der Waals surface area contributed by atoms with E-state index in [1.165, 1.54) is 0 Å². The first-order chi connectivity index (χ1) is 8.76. The summed E-state index contributed by atoms with van der Waals surface area (Å²) in [5.41, 5.74) is 0. The predicted octanol–water partition coefficient (Wildman–Crippen LogP) is 0.167. The summed E-state index contributed by atoms with van der Waals surface area (Å²) in [4.78, 5) is 16.3. The van der Waals surface area contributed by atoms with Gasteiger partial charge in [-0.1, -0.05) is 6.92 Å². The van der Waals surface area contributed by atoms with Gasteiger partial charge >= 0.3 is 0 Å². The van der Waals surface area contributed by atoms with Gasteiger partial charge in [0.15, 0.2) is 0 Å². The van der Waals surface area contributed by atoms with Crippen LogP contribution < -0.4 is 5.32 Å². The second-order valence-corrected chi connectivity index (χ2v) is 4.61. The van der Waals surface area contributed by atoms with Crippen LogP contribution in [0.1, 0.15) is 20.3 Å². The molecule has 1 N–H and O–H groups in total. The van der Waals surface area contributed by atoms with E-state index >= 15 is 0 Å². The maximum absolute atomic E-state index is 11.7. The Morgan fingerprint density at radius 1 is 1.17 bits per heavy atom. The molecule has 5 heteroatoms. The van der Waals surface area contributed by atoms with Crippen molar-refractivity contribution in [2.24, 2.45) is 0 Å². The maximum atomic E-state index is 11.7. The Morgan fingerprint density at radius 2 is 1.83 bits per heavy atom. The highest BCUT2D eigenvalue weighted by Gasteiger charge is 2.17. The monoisotopic (exact) mass is 257 g/mol. The second kappa shape index (κ2) is 9.30. The molecule has 1 aliphatic rings. The molecule has 1 rings (SSSR count). The molecule has 0 aromatic rings. The lowest BCUT2D eigenvalue weighted by Gasteiger charge is -2.33. The predicted molar refractivity (Wildman–Crippen MR) is 72.7 cm³/mol. The largest absolute Gasteiger partial charge is 0.382 e. The molecular formula is C13H27N3O2. The maximum Gasteiger partial charge on any atom is 0.234 e. The molecule has 1 amide bonds. The van der Waals surface area contributed by atoms with E-state index in [9.17, 15) is 4.79 Å². The van der Waals surface area contributed by atoms with Crippen molar-refractivity contribution in [2.45, 2.75) is 20.3 Å². The van der Waals surface area contributed by atoms with Crippen molar-refractivity contribution in [2.75, 3.05) is 59.0 Å². The topological polar surface area (TPSA) is 44.8 Å². The molecule has 0 aromatic carbocycles. The Labute approximate surface area is 110 Å². The van der Waals surface area contributed by atoms with Gasteiger partial charge in [-0.25, -0.2) is 0 Å². The molecule has 5 nitrogen and oxygen atoms in total. The molecule has 0 aliphatic carbocycles. The molecule has 0 saturated carbocycles. The normalized spacial score (nSPS) is 17.9. The fourth-order valence-corrected chi connectivity index (χ4v) is 2.07. The molecule has 18 heavy (non-hydrogen) atoms. The van der Waals surface area contributed by atoms with Gasteiger partial charge in [0, 0.05) is 45.9 Å². The highest BCUT2D eigenvalue weighted by atomic mass is 16.5. The average molecular weight is 257 g/mol. The van der Waals surface area contributed by atoms with Crippen molar-refractivity contribution in [3.63, 3.8) is 0 Å². The Bertz CT molecular complexity index is 228. The lowest BCUT2D eigenvalue weighted by Crippen LogP contribution is -2.49. The van der Waals surface area contributed by atoms with Gasteiger partial charge in [0.2, 0.25) is 5.91 Å². The molecule has 0 unspecified atom stereocenters. The summed E-state index contributed by atoms with van der Waals surface area (Å²) in [5.74, 6) is 0.136. The Kier molecular flexibility index (Phi) is 7.96. The fourth-order valence-electron chi connectivity index (χ4n) is 2.07. The van der Waals surface area contributed by atoms with Crippen LogP contribution in [0.4, 0.5) is 0 Å². The molecule has 1 aliphatic heterocycles. The average Bonchev–Trinajstić information content (AvgIpc) is 2.39. The number of rotatable bonds is 8. The van der Waals surface area contributed by atoms with E-state index in [1.807, 2.05) is 6.92 Å². The first kappa shape index (κ1) is 15.4. The third kappa shape index (κ3) is 6.33. The minimum absolute atomic E-state index is 0.136. The lowest BCUT2D eigenvalue weighted by atomic mass is 10.3. The van der Waals surface area contributed by atoms with Gasteiger partial charge in [0.05, 0.1) is 6.54 Å². The van der Waals surface area contributed by atoms with E-state index in [0.717, 1.165) is 52.4 Å². The summed E-state index contributed by atoms with van der Waals surface area (Å²) >= 11 is 0. The van der Waals surface area contributed by atoms with Crippen molar-refractivity contribution in [1.82, 2.24) is 15.1 Å². The summed E-state index contributed by atoms with van der Waals surface area (Å²) in [7, 11) is 0. The van der Waals surface area contributed by atoms with Crippen LogP contribution in [0.2, 0.25) is 0 Å². The summed E-state index contributed by atoms with van der Waals surface area (Å²) in [6, 6.07) is 0. The van der Waals surface area contributed by atoms with Crippen LogP contribution in [0.5, 0.6) is 0 Å². The summed E-state index contributed by atoms with van der Waals surface area (Å²) < 4.78 is 5.22. The van der Waals surface area contributed by atoms with E-state index < -0.39 is 0 Å². The minimum Gasteiger partial charge on any atom is -0.382 e. The highest BCUT2D eigenvalue weighted by Crippen LogP contribution is 2.00. The Morgan fingerprint density at radius 3 is 2.44 bits per heavy atom. The summed E-state index contributed by atoms with van der Waals surface area (Å²) in [6.07, 6.45) is 0.892. The fraction of sp³-hybridized carbons (Fsp3) is 0.923. The Balaban J connectivity index is 2.02. The second-order valence-electron chi connectivity index (χ2n) is 4.61. The van der Waals surface area contributed by atoms with Crippen molar-refractivity contribution >= 4 is 5.91 Å². The number of nitrogens with zero attached hydrogens (tertiary/aromatic N) is 2. The third-order valence-electron chi connectivity index (χ3n) is 3.27. The molecule has 0 aromatic heterocycles. The zero-order chi connectivity index (χ0) is 13.2. The molecular weight excluding hydrogens is 230 g/mol. The minimum atomic E-state index is 0.136. The summed E-state index contributed by atoms with van der Waals surface area (Å²) in [5, 5.41) is 2.94. The van der Waals surface area contributed by atoms with Crippen LogP contribution in [0, 0.1) is 0 Å². The SMILES string of the molecule is CCOCCCNC(=O)CN1CCN(CC)CC1. The number of hydrogen-bond acceptors (Lipinski definition) is 4. The lowest BCUT2D eigenvalue weighted by molar-refractivity contribution is -0.122. The highest BCUT2D eigenvalue weighted by molar-refractivity contribution is 5.77. The first-order valence-corrected chi connectivity index (χ1v) is 7.05. The van der Waals surface area contributed by atoms with Crippen molar-refractivity contribution in [1.29, 1.82) is 0 Å². The standard InChI is InChI=1S/C13H27N3O2/c1-3-15-7-9-16(10-8-15)12-13(17)14-6-5-11-18-4-2/h3-12H2,1-2H3,(H,14,17). The van der Waals surface area contributed by atoms with E-state index in [2.05, 4.69) is 22.0 Å². The number of hydrogen-bond donors (Lipinski definition) is 1. The first-order valence-electron chi connectivity index (χ1n) is 7.05. The molecule has 0 atom stereocenters. The van der Waals surface area contributed by atoms with Crippen LogP contribution in [-0.2, 0) is 9.53 Å². The van der Waals surface area contributed by atoms with Crippen molar-refractivity contribution in [3.05, 3.63) is 0 Å². The molecule has 0 spiro atoms. The smallest absolute Gasteiger partial charge is 0.234 e. The number of carbonyl (C=O) groups excluding carboxylic acids is 1. The molecule has 1 heterocycles. The number of ether oxygens (including phenoxy) is 1. The van der Waals surface area contributed by atoms with Gasteiger partial charge in [0.25, 0.3) is 0 Å². The number of amides is 1. The van der Waals surface area contributed by atoms with Gasteiger partial charge in [-0.05, 0) is 19.9 Å². The Hall–Kier alpha value is -0.650. The quantitative estimate of drug-likeness (QED) is 0.630. The van der Waals surface area contributed by atoms with Gasteiger partial charge in [0.1, 0.15) is 0 Å². The van der Waals surface area contributed by atoms with Crippen molar-refractivity contribution in [3.8, 4) is 0 Å². The number of nitrogens with one attached hydrogen (secondary N) is 1. The van der Waals surface area contributed by atoms with Crippen LogP contribution in [-0.4, -0.2) is 74.7 Å². The molecule has 106 valence electrons. The molecule has 0 bridgehead atoms. The van der Waals surface area contributed by atoms with E-state index in [-0.39, 0.29) is 5.91 Å². The number of likely N-dealkylation sites (N-methyl/N-ethyl adjacent to an activating group) is 1. The van der Waals surface area contributed by atoms with Gasteiger partial charge in [-0.2, -0.15) is 0 Å². The van der Waals surface area contributed by atoms with Crippen molar-refractivity contribution < 1.29 is 9.53 Å². The molecule has 0 radical (unpaired) electrons. The van der Waals surface area contributed by atoms with Crippen LogP contribution in [0.25, 0.3) is 0 Å². The van der Waals surface area contributed by atoms with Crippen LogP contribution in [0.15, 0.2) is 0 Å². The van der Waals surface area contributed by atoms with E-state index in [0.29, 0.717) is 13.1 Å². The zero-order valence-corrected chi connectivity index (χ0v) is 11.8. The summed E-state index contributed by atoms with van der Waals surface area (Å²) in [6.45, 7) is 12.1. The van der Waals surface area contributed by atoms with E-state index in [4.69, 9.17) is 4.74 Å². The van der Waals surface area contributed by atoms with Gasteiger partial charge in [-0.15, -0.1) is 0 Å².